The van der Waals surface area contributed by atoms with Crippen molar-refractivity contribution in [2.45, 2.75) is 12.7 Å². The minimum atomic E-state index is -0.452. The Balaban J connectivity index is 1.51. The van der Waals surface area contributed by atoms with Gasteiger partial charge >= 0.3 is 6.09 Å². The first-order valence-electron chi connectivity index (χ1n) is 8.28. The van der Waals surface area contributed by atoms with Crippen LogP contribution in [-0.2, 0) is 16.1 Å². The van der Waals surface area contributed by atoms with E-state index in [2.05, 4.69) is 5.16 Å². The summed E-state index contributed by atoms with van der Waals surface area (Å²) in [4.78, 5) is 13.5. The first-order valence-corrected chi connectivity index (χ1v) is 8.28. The number of ether oxygens (including phenoxy) is 3. The summed E-state index contributed by atoms with van der Waals surface area (Å²) in [6.45, 7) is 1.18. The summed E-state index contributed by atoms with van der Waals surface area (Å²) in [5.41, 5.74) is 1.63. The van der Waals surface area contributed by atoms with Crippen LogP contribution in [0.2, 0.25) is 0 Å². The van der Waals surface area contributed by atoms with Gasteiger partial charge in [0.1, 0.15) is 18.5 Å². The molecule has 1 saturated heterocycles. The Bertz CT molecular complexity index is 909. The minimum Gasteiger partial charge on any atom is -0.489 e. The summed E-state index contributed by atoms with van der Waals surface area (Å²) in [6, 6.07) is 15.3. The molecule has 4 rings (SSSR count). The van der Waals surface area contributed by atoms with E-state index in [-0.39, 0.29) is 6.10 Å². The Labute approximate surface area is 150 Å². The van der Waals surface area contributed by atoms with Crippen molar-refractivity contribution in [3.05, 3.63) is 54.1 Å². The lowest BCUT2D eigenvalue weighted by molar-refractivity contribution is 0.0718. The van der Waals surface area contributed by atoms with E-state index in [1.54, 1.807) is 13.2 Å². The molecule has 0 aliphatic carbocycles. The number of carbonyl (C=O) groups excluding carboxylic acids is 1. The van der Waals surface area contributed by atoms with Crippen LogP contribution in [0, 0.1) is 0 Å². The number of anilines is 1. The molecule has 1 aliphatic heterocycles. The smallest absolute Gasteiger partial charge is 0.416 e. The largest absolute Gasteiger partial charge is 0.489 e. The molecule has 26 heavy (non-hydrogen) atoms. The number of amides is 1. The molecule has 0 N–H and O–H groups in total. The summed E-state index contributed by atoms with van der Waals surface area (Å²) >= 11 is 0. The van der Waals surface area contributed by atoms with Gasteiger partial charge in [0.25, 0.3) is 0 Å². The lowest BCUT2D eigenvalue weighted by Gasteiger charge is -2.09. The molecule has 0 saturated carbocycles. The summed E-state index contributed by atoms with van der Waals surface area (Å²) in [5, 5.41) is 4.76. The molecule has 7 heteroatoms. The number of carbonyl (C=O) groups is 1. The van der Waals surface area contributed by atoms with Crippen LogP contribution in [0.15, 0.2) is 53.1 Å². The predicted molar refractivity (Wildman–Crippen MR) is 94.3 cm³/mol. The van der Waals surface area contributed by atoms with E-state index >= 15 is 0 Å². The van der Waals surface area contributed by atoms with E-state index in [0.717, 1.165) is 10.9 Å². The summed E-state index contributed by atoms with van der Waals surface area (Å²) in [6.07, 6.45) is -0.764. The number of hydrogen-bond donors (Lipinski definition) is 0. The highest BCUT2D eigenvalue weighted by molar-refractivity contribution is 5.99. The highest BCUT2D eigenvalue weighted by atomic mass is 16.6. The minimum absolute atomic E-state index is 0.312. The van der Waals surface area contributed by atoms with E-state index in [9.17, 15) is 4.79 Å². The number of methoxy groups -OCH3 is 1. The van der Waals surface area contributed by atoms with Gasteiger partial charge in [0.15, 0.2) is 11.4 Å². The average Bonchev–Trinajstić information content (AvgIpc) is 3.23. The zero-order valence-electron chi connectivity index (χ0n) is 14.3. The number of benzene rings is 2. The van der Waals surface area contributed by atoms with Crippen molar-refractivity contribution in [3.63, 3.8) is 0 Å². The molecule has 1 amide bonds. The molecular weight excluding hydrogens is 336 g/mol. The third kappa shape index (κ3) is 3.21. The number of aromatic nitrogens is 1. The zero-order chi connectivity index (χ0) is 17.9. The van der Waals surface area contributed by atoms with Gasteiger partial charge in [-0.2, -0.15) is 0 Å². The fraction of sp³-hybridized carbons (Fsp3) is 0.263. The lowest BCUT2D eigenvalue weighted by atomic mass is 10.2. The third-order valence-electron chi connectivity index (χ3n) is 4.16. The third-order valence-corrected chi connectivity index (χ3v) is 4.16. The van der Waals surface area contributed by atoms with Crippen LogP contribution in [0.25, 0.3) is 11.0 Å². The first kappa shape index (κ1) is 16.4. The van der Waals surface area contributed by atoms with Crippen molar-refractivity contribution in [1.29, 1.82) is 0 Å². The maximum Gasteiger partial charge on any atom is 0.416 e. The van der Waals surface area contributed by atoms with E-state index in [0.29, 0.717) is 36.9 Å². The molecule has 1 aliphatic rings. The Hall–Kier alpha value is -3.06. The number of rotatable bonds is 6. The van der Waals surface area contributed by atoms with Crippen LogP contribution in [0.1, 0.15) is 5.56 Å². The van der Waals surface area contributed by atoms with Crippen LogP contribution >= 0.6 is 0 Å². The van der Waals surface area contributed by atoms with Crippen LogP contribution in [-0.4, -0.2) is 37.6 Å². The summed E-state index contributed by atoms with van der Waals surface area (Å²) in [7, 11) is 1.57. The normalized spacial score (nSPS) is 16.9. The molecule has 2 aromatic carbocycles. The maximum absolute atomic E-state index is 12.1. The van der Waals surface area contributed by atoms with Gasteiger partial charge in [-0.25, -0.2) is 4.79 Å². The molecule has 1 unspecified atom stereocenters. The van der Waals surface area contributed by atoms with Gasteiger partial charge in [0, 0.05) is 13.2 Å². The Morgan fingerprint density at radius 1 is 1.23 bits per heavy atom. The van der Waals surface area contributed by atoms with E-state index < -0.39 is 6.09 Å². The van der Waals surface area contributed by atoms with Crippen molar-refractivity contribution in [3.8, 4) is 5.75 Å². The molecule has 134 valence electrons. The predicted octanol–water partition coefficient (Wildman–Crippen LogP) is 3.38. The zero-order valence-corrected chi connectivity index (χ0v) is 14.3. The van der Waals surface area contributed by atoms with Crippen LogP contribution in [0.5, 0.6) is 5.75 Å². The van der Waals surface area contributed by atoms with Gasteiger partial charge in [-0.3, -0.25) is 4.90 Å². The SMILES string of the molecule is COCC1CN(c2noc3cc(OCc4ccccc4)ccc23)C(=O)O1. The van der Waals surface area contributed by atoms with Crippen LogP contribution in [0.3, 0.4) is 0 Å². The number of nitrogens with zero attached hydrogens (tertiary/aromatic N) is 2. The Morgan fingerprint density at radius 3 is 2.88 bits per heavy atom. The van der Waals surface area contributed by atoms with Crippen LogP contribution < -0.4 is 9.64 Å². The molecule has 2 heterocycles. The van der Waals surface area contributed by atoms with Gasteiger partial charge in [-0.1, -0.05) is 35.5 Å². The second kappa shape index (κ2) is 7.05. The molecule has 3 aromatic rings. The average molecular weight is 354 g/mol. The van der Waals surface area contributed by atoms with Crippen molar-refractivity contribution >= 4 is 22.9 Å². The van der Waals surface area contributed by atoms with Crippen molar-refractivity contribution < 1.29 is 23.5 Å². The van der Waals surface area contributed by atoms with Gasteiger partial charge in [0.2, 0.25) is 0 Å². The second-order valence-corrected chi connectivity index (χ2v) is 6.01. The summed E-state index contributed by atoms with van der Waals surface area (Å²) in [5.74, 6) is 1.11. The molecule has 1 atom stereocenters. The van der Waals surface area contributed by atoms with Gasteiger partial charge in [-0.05, 0) is 17.7 Å². The lowest BCUT2D eigenvalue weighted by Crippen LogP contribution is -2.26. The molecule has 7 nitrogen and oxygen atoms in total. The molecule has 0 bridgehead atoms. The first-order chi connectivity index (χ1) is 12.7. The van der Waals surface area contributed by atoms with E-state index in [1.807, 2.05) is 42.5 Å². The highest BCUT2D eigenvalue weighted by Crippen LogP contribution is 2.31. The van der Waals surface area contributed by atoms with Crippen molar-refractivity contribution in [2.75, 3.05) is 25.2 Å². The molecule has 0 radical (unpaired) electrons. The van der Waals surface area contributed by atoms with Gasteiger partial charge in [-0.15, -0.1) is 0 Å². The second-order valence-electron chi connectivity index (χ2n) is 6.01. The van der Waals surface area contributed by atoms with E-state index in [4.69, 9.17) is 18.7 Å². The fourth-order valence-corrected chi connectivity index (χ4v) is 2.90. The van der Waals surface area contributed by atoms with Crippen LogP contribution in [0.4, 0.5) is 10.6 Å². The monoisotopic (exact) mass is 354 g/mol. The number of hydrogen-bond acceptors (Lipinski definition) is 6. The molecule has 0 spiro atoms. The topological polar surface area (TPSA) is 74.0 Å². The van der Waals surface area contributed by atoms with Gasteiger partial charge in [0.05, 0.1) is 18.5 Å². The number of fused-ring (bicyclic) bond motifs is 1. The maximum atomic E-state index is 12.1. The molecular formula is C19H18N2O5. The molecule has 1 aromatic heterocycles. The van der Waals surface area contributed by atoms with Gasteiger partial charge < -0.3 is 18.7 Å². The summed E-state index contributed by atoms with van der Waals surface area (Å²) < 4.78 is 21.5. The quantitative estimate of drug-likeness (QED) is 0.676. The van der Waals surface area contributed by atoms with Crippen molar-refractivity contribution in [2.24, 2.45) is 0 Å². The molecule has 1 fully saturated rings. The highest BCUT2D eigenvalue weighted by Gasteiger charge is 2.35. The Kier molecular flexibility index (Phi) is 4.45. The fourth-order valence-electron chi connectivity index (χ4n) is 2.90. The Morgan fingerprint density at radius 2 is 2.08 bits per heavy atom. The van der Waals surface area contributed by atoms with E-state index in [1.165, 1.54) is 4.90 Å². The number of cyclic esters (lactones) is 1. The standard InChI is InChI=1S/C19H18N2O5/c1-23-12-15-10-21(19(22)25-15)18-16-8-7-14(9-17(16)26-20-18)24-11-13-5-3-2-4-6-13/h2-9,15H,10-12H2,1H3. The van der Waals surface area contributed by atoms with Crippen molar-refractivity contribution in [1.82, 2.24) is 5.16 Å².